The number of hydrogen-bond acceptors (Lipinski definition) is 5. The molecular formula is C24H18BrFN2O4. The Morgan fingerprint density at radius 2 is 2.00 bits per heavy atom. The second-order valence-corrected chi connectivity index (χ2v) is 7.65. The van der Waals surface area contributed by atoms with Gasteiger partial charge in [-0.3, -0.25) is 4.79 Å². The van der Waals surface area contributed by atoms with Gasteiger partial charge in [-0.15, -0.1) is 0 Å². The Morgan fingerprint density at radius 1 is 1.16 bits per heavy atom. The first kappa shape index (κ1) is 21.6. The van der Waals surface area contributed by atoms with Crippen LogP contribution >= 0.6 is 15.9 Å². The van der Waals surface area contributed by atoms with Crippen LogP contribution in [0.15, 0.2) is 80.7 Å². The number of methoxy groups -OCH3 is 1. The molecule has 0 unspecified atom stereocenters. The third kappa shape index (κ3) is 4.97. The molecule has 0 aliphatic heterocycles. The van der Waals surface area contributed by atoms with E-state index in [2.05, 4.69) is 26.5 Å². The first-order valence-electron chi connectivity index (χ1n) is 9.60. The normalized spacial score (nSPS) is 11.1. The molecule has 8 heteroatoms. The first-order chi connectivity index (χ1) is 15.5. The maximum Gasteiger partial charge on any atom is 0.307 e. The highest BCUT2D eigenvalue weighted by Gasteiger charge is 2.13. The van der Waals surface area contributed by atoms with Crippen molar-refractivity contribution in [2.75, 3.05) is 7.11 Å². The van der Waals surface area contributed by atoms with Crippen LogP contribution in [0.4, 0.5) is 4.39 Å². The molecular weight excluding hydrogens is 479 g/mol. The van der Waals surface area contributed by atoms with E-state index in [9.17, 15) is 9.18 Å². The molecule has 0 radical (unpaired) electrons. The highest BCUT2D eigenvalue weighted by Crippen LogP contribution is 2.36. The van der Waals surface area contributed by atoms with E-state index in [1.165, 1.54) is 25.5 Å². The molecule has 0 aliphatic rings. The first-order valence-corrected chi connectivity index (χ1v) is 10.4. The summed E-state index contributed by atoms with van der Waals surface area (Å²) < 4.78 is 30.7. The van der Waals surface area contributed by atoms with E-state index in [0.29, 0.717) is 32.7 Å². The lowest BCUT2D eigenvalue weighted by atomic mass is 10.2. The van der Waals surface area contributed by atoms with Gasteiger partial charge in [-0.1, -0.05) is 30.3 Å². The Balaban J connectivity index is 1.44. The van der Waals surface area contributed by atoms with Gasteiger partial charge in [0.1, 0.15) is 18.0 Å². The number of hydrazone groups is 1. The van der Waals surface area contributed by atoms with Gasteiger partial charge in [0.25, 0.3) is 0 Å². The Hall–Kier alpha value is -3.65. The summed E-state index contributed by atoms with van der Waals surface area (Å²) in [5.41, 5.74) is 4.43. The molecule has 1 amide bonds. The van der Waals surface area contributed by atoms with Gasteiger partial charge in [0.2, 0.25) is 0 Å². The number of nitrogens with zero attached hydrogens (tertiary/aromatic N) is 1. The zero-order chi connectivity index (χ0) is 22.5. The van der Waals surface area contributed by atoms with Crippen molar-refractivity contribution < 1.29 is 23.1 Å². The second kappa shape index (κ2) is 9.65. The van der Waals surface area contributed by atoms with Crippen LogP contribution in [0.25, 0.3) is 11.0 Å². The topological polar surface area (TPSA) is 73.1 Å². The number of nitrogens with one attached hydrogen (secondary N) is 1. The SMILES string of the molecule is COc1cc(/C=N/NC(=O)c2cc3ccccc3o2)cc(Br)c1OCc1cccc(F)c1. The molecule has 0 aliphatic carbocycles. The minimum atomic E-state index is -0.460. The number of amides is 1. The van der Waals surface area contributed by atoms with Crippen molar-refractivity contribution in [2.24, 2.45) is 5.10 Å². The van der Waals surface area contributed by atoms with Crippen molar-refractivity contribution in [2.45, 2.75) is 6.61 Å². The third-order valence-electron chi connectivity index (χ3n) is 4.55. The molecule has 3 aromatic carbocycles. The minimum absolute atomic E-state index is 0.170. The lowest BCUT2D eigenvalue weighted by molar-refractivity contribution is 0.0929. The summed E-state index contributed by atoms with van der Waals surface area (Å²) >= 11 is 3.46. The van der Waals surface area contributed by atoms with Crippen LogP contribution < -0.4 is 14.9 Å². The molecule has 6 nitrogen and oxygen atoms in total. The van der Waals surface area contributed by atoms with Crippen LogP contribution in [-0.2, 0) is 6.61 Å². The fourth-order valence-electron chi connectivity index (χ4n) is 3.05. The van der Waals surface area contributed by atoms with Crippen molar-refractivity contribution >= 4 is 39.0 Å². The minimum Gasteiger partial charge on any atom is -0.493 e. The van der Waals surface area contributed by atoms with Crippen molar-refractivity contribution in [1.29, 1.82) is 0 Å². The molecule has 0 fully saturated rings. The molecule has 1 heterocycles. The number of fused-ring (bicyclic) bond motifs is 1. The van der Waals surface area contributed by atoms with Crippen LogP contribution in [0.1, 0.15) is 21.7 Å². The molecule has 162 valence electrons. The number of carbonyl (C=O) groups excluding carboxylic acids is 1. The van der Waals surface area contributed by atoms with Crippen LogP contribution in [0.2, 0.25) is 0 Å². The summed E-state index contributed by atoms with van der Waals surface area (Å²) in [5, 5.41) is 4.83. The summed E-state index contributed by atoms with van der Waals surface area (Å²) in [6.45, 7) is 0.174. The average molecular weight is 497 g/mol. The molecule has 1 N–H and O–H groups in total. The Morgan fingerprint density at radius 3 is 2.78 bits per heavy atom. The molecule has 32 heavy (non-hydrogen) atoms. The molecule has 0 bridgehead atoms. The molecule has 0 saturated heterocycles. The van der Waals surface area contributed by atoms with E-state index in [1.807, 2.05) is 18.2 Å². The summed E-state index contributed by atoms with van der Waals surface area (Å²) in [6.07, 6.45) is 1.48. The van der Waals surface area contributed by atoms with Gasteiger partial charge in [0.15, 0.2) is 17.3 Å². The van der Waals surface area contributed by atoms with E-state index in [-0.39, 0.29) is 18.2 Å². The summed E-state index contributed by atoms with van der Waals surface area (Å²) in [6, 6.07) is 18.7. The lowest BCUT2D eigenvalue weighted by Crippen LogP contribution is -2.16. The highest BCUT2D eigenvalue weighted by molar-refractivity contribution is 9.10. The number of benzene rings is 3. The highest BCUT2D eigenvalue weighted by atomic mass is 79.9. The molecule has 0 spiro atoms. The quantitative estimate of drug-likeness (QED) is 0.263. The maximum absolute atomic E-state index is 13.4. The van der Waals surface area contributed by atoms with E-state index >= 15 is 0 Å². The third-order valence-corrected chi connectivity index (χ3v) is 5.14. The van der Waals surface area contributed by atoms with Gasteiger partial charge < -0.3 is 13.9 Å². The molecule has 1 aromatic heterocycles. The van der Waals surface area contributed by atoms with Crippen molar-refractivity contribution in [3.05, 3.63) is 93.9 Å². The predicted octanol–water partition coefficient (Wildman–Crippen LogP) is 5.69. The number of hydrogen-bond donors (Lipinski definition) is 1. The number of carbonyl (C=O) groups is 1. The number of para-hydroxylation sites is 1. The van der Waals surface area contributed by atoms with Crippen LogP contribution in [0, 0.1) is 5.82 Å². The maximum atomic E-state index is 13.4. The van der Waals surface area contributed by atoms with Gasteiger partial charge in [0.05, 0.1) is 17.8 Å². The number of halogens is 2. The molecule has 0 atom stereocenters. The smallest absolute Gasteiger partial charge is 0.307 e. The summed E-state index contributed by atoms with van der Waals surface area (Å²) in [7, 11) is 1.51. The van der Waals surface area contributed by atoms with Crippen molar-refractivity contribution in [1.82, 2.24) is 5.43 Å². The van der Waals surface area contributed by atoms with Crippen LogP contribution in [-0.4, -0.2) is 19.2 Å². The van der Waals surface area contributed by atoms with E-state index in [4.69, 9.17) is 13.9 Å². The van der Waals surface area contributed by atoms with E-state index < -0.39 is 5.91 Å². The fourth-order valence-corrected chi connectivity index (χ4v) is 3.63. The van der Waals surface area contributed by atoms with Gasteiger partial charge in [0, 0.05) is 5.39 Å². The Bertz CT molecular complexity index is 1270. The van der Waals surface area contributed by atoms with Crippen LogP contribution in [0.3, 0.4) is 0 Å². The number of furan rings is 1. The molecule has 4 aromatic rings. The average Bonchev–Trinajstić information content (AvgIpc) is 3.22. The Kier molecular flexibility index (Phi) is 6.51. The fraction of sp³-hybridized carbons (Fsp3) is 0.0833. The van der Waals surface area contributed by atoms with Gasteiger partial charge in [-0.25, -0.2) is 9.82 Å². The zero-order valence-corrected chi connectivity index (χ0v) is 18.6. The zero-order valence-electron chi connectivity index (χ0n) is 17.0. The standard InChI is InChI=1S/C24H18BrFN2O4/c1-30-21-11-16(10-19(25)23(21)31-14-15-5-4-7-18(26)9-15)13-27-28-24(29)22-12-17-6-2-3-8-20(17)32-22/h2-13H,14H2,1H3,(H,28,29)/b27-13+. The summed E-state index contributed by atoms with van der Waals surface area (Å²) in [5.74, 6) is 0.316. The van der Waals surface area contributed by atoms with Crippen molar-refractivity contribution in [3.63, 3.8) is 0 Å². The molecule has 4 rings (SSSR count). The Labute approximate surface area is 191 Å². The van der Waals surface area contributed by atoms with Gasteiger partial charge >= 0.3 is 5.91 Å². The lowest BCUT2D eigenvalue weighted by Gasteiger charge is -2.13. The number of ether oxygens (including phenoxy) is 2. The predicted molar refractivity (Wildman–Crippen MR) is 123 cm³/mol. The van der Waals surface area contributed by atoms with Crippen LogP contribution in [0.5, 0.6) is 11.5 Å². The van der Waals surface area contributed by atoms with E-state index in [0.717, 1.165) is 5.39 Å². The largest absolute Gasteiger partial charge is 0.493 e. The monoisotopic (exact) mass is 496 g/mol. The second-order valence-electron chi connectivity index (χ2n) is 6.80. The molecule has 0 saturated carbocycles. The van der Waals surface area contributed by atoms with Gasteiger partial charge in [-0.05, 0) is 63.5 Å². The number of rotatable bonds is 7. The van der Waals surface area contributed by atoms with E-state index in [1.54, 1.807) is 36.4 Å². The van der Waals surface area contributed by atoms with Crippen molar-refractivity contribution in [3.8, 4) is 11.5 Å². The van der Waals surface area contributed by atoms with Gasteiger partial charge in [-0.2, -0.15) is 5.10 Å². The summed E-state index contributed by atoms with van der Waals surface area (Å²) in [4.78, 5) is 12.3.